The Morgan fingerprint density at radius 1 is 1.38 bits per heavy atom. The Morgan fingerprint density at radius 3 is 2.69 bits per heavy atom. The number of fused-ring (bicyclic) bond motifs is 1. The van der Waals surface area contributed by atoms with Gasteiger partial charge in [-0.25, -0.2) is 9.18 Å². The van der Waals surface area contributed by atoms with E-state index in [9.17, 15) is 14.0 Å². The molecule has 4 rings (SSSR count). The van der Waals surface area contributed by atoms with E-state index >= 15 is 0 Å². The molecule has 9 heteroatoms. The summed E-state index contributed by atoms with van der Waals surface area (Å²) >= 11 is 11.0. The van der Waals surface area contributed by atoms with Crippen LogP contribution in [0.4, 0.5) is 14.9 Å². The molecular weight excluding hydrogens is 383 g/mol. The minimum atomic E-state index is -1.59. The van der Waals surface area contributed by atoms with Crippen molar-refractivity contribution in [1.82, 2.24) is 4.57 Å². The van der Waals surface area contributed by atoms with Crippen molar-refractivity contribution in [1.29, 1.82) is 0 Å². The Morgan fingerprint density at radius 2 is 2.12 bits per heavy atom. The molecule has 1 atom stereocenters. The van der Waals surface area contributed by atoms with Gasteiger partial charge in [-0.3, -0.25) is 4.79 Å². The lowest BCUT2D eigenvalue weighted by Crippen LogP contribution is -2.23. The molecule has 1 aromatic heterocycles. The molecule has 0 unspecified atom stereocenters. The van der Waals surface area contributed by atoms with Crippen LogP contribution < -0.4 is 15.1 Å². The highest BCUT2D eigenvalue weighted by Gasteiger charge is 2.31. The number of ether oxygens (including phenoxy) is 1. The summed E-state index contributed by atoms with van der Waals surface area (Å²) < 4.78 is 21.1. The van der Waals surface area contributed by atoms with Crippen molar-refractivity contribution in [3.05, 3.63) is 33.3 Å². The van der Waals surface area contributed by atoms with E-state index in [2.05, 4.69) is 17.4 Å². The van der Waals surface area contributed by atoms with Gasteiger partial charge in [-0.05, 0) is 25.3 Å². The maximum Gasteiger partial charge on any atom is 0.511 e. The highest BCUT2D eigenvalue weighted by molar-refractivity contribution is 7.81. The summed E-state index contributed by atoms with van der Waals surface area (Å²) in [5.74, 6) is -0.964. The van der Waals surface area contributed by atoms with Crippen molar-refractivity contribution in [3.8, 4) is 5.75 Å². The summed E-state index contributed by atoms with van der Waals surface area (Å²) in [6.07, 6.45) is 2.32. The molecule has 0 spiro atoms. The van der Waals surface area contributed by atoms with Crippen LogP contribution in [0, 0.1) is 5.82 Å². The zero-order valence-electron chi connectivity index (χ0n) is 13.6. The van der Waals surface area contributed by atoms with Crippen molar-refractivity contribution >= 4 is 47.0 Å². The minimum Gasteiger partial charge on any atom is -0.449 e. The molecule has 6 nitrogen and oxygen atoms in total. The van der Waals surface area contributed by atoms with Gasteiger partial charge in [0.15, 0.2) is 5.75 Å². The van der Waals surface area contributed by atoms with Crippen molar-refractivity contribution in [3.63, 3.8) is 0 Å². The maximum absolute atomic E-state index is 14.8. The molecule has 0 radical (unpaired) electrons. The number of pyridine rings is 1. The van der Waals surface area contributed by atoms with Gasteiger partial charge in [0, 0.05) is 24.4 Å². The molecular formula is C17H16ClFN2O4S. The molecule has 2 fully saturated rings. The average molecular weight is 399 g/mol. The van der Waals surface area contributed by atoms with E-state index in [1.165, 1.54) is 6.20 Å². The number of thiol groups is 1. The van der Waals surface area contributed by atoms with Crippen molar-refractivity contribution in [2.75, 3.05) is 18.0 Å². The number of anilines is 1. The zero-order chi connectivity index (χ0) is 18.6. The van der Waals surface area contributed by atoms with Crippen LogP contribution in [0.3, 0.4) is 0 Å². The first-order chi connectivity index (χ1) is 12.4. The lowest BCUT2D eigenvalue weighted by Gasteiger charge is -2.23. The number of hydrogen-bond donors (Lipinski definition) is 2. The van der Waals surface area contributed by atoms with Gasteiger partial charge in [0.05, 0.1) is 27.8 Å². The monoisotopic (exact) mass is 398 g/mol. The van der Waals surface area contributed by atoms with E-state index in [1.54, 1.807) is 4.57 Å². The fourth-order valence-corrected chi connectivity index (χ4v) is 4.17. The van der Waals surface area contributed by atoms with Gasteiger partial charge in [0.25, 0.3) is 0 Å². The number of carboxylic acid groups (broad SMARTS) is 1. The van der Waals surface area contributed by atoms with Crippen LogP contribution in [0.1, 0.15) is 25.3 Å². The van der Waals surface area contributed by atoms with Crippen molar-refractivity contribution in [2.24, 2.45) is 0 Å². The number of halogens is 2. The smallest absolute Gasteiger partial charge is 0.449 e. The molecule has 1 saturated heterocycles. The summed E-state index contributed by atoms with van der Waals surface area (Å²) in [6, 6.07) is 1.21. The van der Waals surface area contributed by atoms with Crippen LogP contribution >= 0.6 is 24.2 Å². The van der Waals surface area contributed by atoms with Gasteiger partial charge >= 0.3 is 6.16 Å². The predicted molar refractivity (Wildman–Crippen MR) is 99.7 cm³/mol. The molecule has 2 aromatic rings. The van der Waals surface area contributed by atoms with E-state index in [1.807, 2.05) is 4.90 Å². The third-order valence-corrected chi connectivity index (χ3v) is 5.55. The number of hydrogen-bond acceptors (Lipinski definition) is 5. The van der Waals surface area contributed by atoms with Crippen molar-refractivity contribution < 1.29 is 19.0 Å². The Labute approximate surface area is 158 Å². The van der Waals surface area contributed by atoms with E-state index in [0.29, 0.717) is 18.6 Å². The number of carbonyl (C=O) groups is 1. The van der Waals surface area contributed by atoms with Crippen molar-refractivity contribution in [2.45, 2.75) is 30.6 Å². The molecule has 138 valence electrons. The highest BCUT2D eigenvalue weighted by atomic mass is 35.5. The topological polar surface area (TPSA) is 71.8 Å². The van der Waals surface area contributed by atoms with Crippen LogP contribution in [-0.4, -0.2) is 34.2 Å². The summed E-state index contributed by atoms with van der Waals surface area (Å²) in [7, 11) is 0. The van der Waals surface area contributed by atoms with Gasteiger partial charge in [0.2, 0.25) is 5.43 Å². The number of nitrogens with zero attached hydrogens (tertiary/aromatic N) is 2. The first-order valence-electron chi connectivity index (χ1n) is 8.27. The Hall–Kier alpha value is -1.93. The molecule has 1 aliphatic carbocycles. The van der Waals surface area contributed by atoms with Crippen LogP contribution in [0.2, 0.25) is 5.02 Å². The molecule has 1 aromatic carbocycles. The molecule has 1 N–H and O–H groups in total. The van der Waals surface area contributed by atoms with Gasteiger partial charge < -0.3 is 19.3 Å². The van der Waals surface area contributed by atoms with Crippen LogP contribution in [0.15, 0.2) is 17.1 Å². The zero-order valence-corrected chi connectivity index (χ0v) is 15.3. The number of aromatic nitrogens is 1. The minimum absolute atomic E-state index is 0.0171. The molecule has 2 heterocycles. The quantitative estimate of drug-likeness (QED) is 0.609. The largest absolute Gasteiger partial charge is 0.511 e. The lowest BCUT2D eigenvalue weighted by molar-refractivity contribution is 0.143. The standard InChI is InChI=1S/C17H16ClFN2O4S/c18-13-14-10(5-11(19)15(13)20-4-3-9(26)6-20)16(22)12(25-17(23)24)7-21(14)8-1-2-8/h5,7-9,26H,1-4,6H2,(H,23,24)/t9-/m1/s1. The second-order valence-corrected chi connectivity index (χ2v) is 7.74. The third kappa shape index (κ3) is 2.91. The third-order valence-electron chi connectivity index (χ3n) is 4.77. The summed E-state index contributed by atoms with van der Waals surface area (Å²) in [4.78, 5) is 25.3. The SMILES string of the molecule is O=C(O)Oc1cn(C2CC2)c2c(Cl)c(N3CC[C@@H](S)C3)c(F)cc2c1=O. The molecule has 0 amide bonds. The van der Waals surface area contributed by atoms with E-state index in [0.717, 1.165) is 25.3 Å². The lowest BCUT2D eigenvalue weighted by atomic mass is 10.1. The van der Waals surface area contributed by atoms with E-state index < -0.39 is 17.4 Å². The van der Waals surface area contributed by atoms with Gasteiger partial charge in [-0.1, -0.05) is 11.6 Å². The normalized spacial score (nSPS) is 20.0. The molecule has 26 heavy (non-hydrogen) atoms. The summed E-state index contributed by atoms with van der Waals surface area (Å²) in [5.41, 5.74) is -0.0208. The Balaban J connectivity index is 1.97. The van der Waals surface area contributed by atoms with Gasteiger partial charge in [-0.2, -0.15) is 12.6 Å². The fourth-order valence-electron chi connectivity index (χ4n) is 3.45. The average Bonchev–Trinajstić information content (AvgIpc) is 3.32. The number of benzene rings is 1. The van der Waals surface area contributed by atoms with Crippen LogP contribution in [-0.2, 0) is 0 Å². The summed E-state index contributed by atoms with van der Waals surface area (Å²) in [6.45, 7) is 1.20. The first kappa shape index (κ1) is 17.5. The van der Waals surface area contributed by atoms with Gasteiger partial charge in [0.1, 0.15) is 5.82 Å². The van der Waals surface area contributed by atoms with Gasteiger partial charge in [-0.15, -0.1) is 0 Å². The predicted octanol–water partition coefficient (Wildman–Crippen LogP) is 3.69. The molecule has 2 aliphatic rings. The van der Waals surface area contributed by atoms with E-state index in [-0.39, 0.29) is 33.1 Å². The highest BCUT2D eigenvalue weighted by Crippen LogP contribution is 2.43. The Kier molecular flexibility index (Phi) is 4.27. The molecule has 1 saturated carbocycles. The Bertz CT molecular complexity index is 976. The molecule has 0 bridgehead atoms. The second-order valence-electron chi connectivity index (χ2n) is 6.63. The summed E-state index contributed by atoms with van der Waals surface area (Å²) in [5, 5.41) is 9.16. The fraction of sp³-hybridized carbons (Fsp3) is 0.412. The van der Waals surface area contributed by atoms with E-state index in [4.69, 9.17) is 16.7 Å². The van der Waals surface area contributed by atoms with Crippen LogP contribution in [0.5, 0.6) is 5.75 Å². The molecule has 1 aliphatic heterocycles. The first-order valence-corrected chi connectivity index (χ1v) is 9.17. The van der Waals surface area contributed by atoms with Crippen LogP contribution in [0.25, 0.3) is 10.9 Å². The number of rotatable bonds is 3. The second kappa shape index (κ2) is 6.35. The maximum atomic E-state index is 14.8.